The third kappa shape index (κ3) is 4.85. The Morgan fingerprint density at radius 1 is 1.19 bits per heavy atom. The number of methoxy groups -OCH3 is 1. The van der Waals surface area contributed by atoms with Crippen molar-refractivity contribution in [2.24, 2.45) is 0 Å². The number of anilines is 2. The molecule has 26 heavy (non-hydrogen) atoms. The lowest BCUT2D eigenvalue weighted by Gasteiger charge is -2.13. The van der Waals surface area contributed by atoms with Crippen LogP contribution in [0.4, 0.5) is 11.5 Å². The van der Waals surface area contributed by atoms with E-state index in [1.54, 1.807) is 31.0 Å². The molecule has 0 saturated heterocycles. The number of amides is 1. The van der Waals surface area contributed by atoms with E-state index in [1.807, 2.05) is 24.3 Å². The predicted molar refractivity (Wildman–Crippen MR) is 105 cm³/mol. The maximum atomic E-state index is 12.4. The van der Waals surface area contributed by atoms with Crippen molar-refractivity contribution in [3.05, 3.63) is 59.8 Å². The molecular weight excluding hydrogens is 326 g/mol. The van der Waals surface area contributed by atoms with Crippen molar-refractivity contribution in [3.63, 3.8) is 0 Å². The summed E-state index contributed by atoms with van der Waals surface area (Å²) in [7, 11) is 1.55. The van der Waals surface area contributed by atoms with Gasteiger partial charge in [0, 0.05) is 6.54 Å². The standard InChI is InChI=1S/C21H25N3O2/c1-26-19-10-6-5-9-18(19)21(25)24-17-11-12-20(23-15-17)22-14-13-16-7-3-2-4-8-16/h5-7,9-12,15H,2-4,8,13-14H2,1H3,(H,22,23)(H,24,25). The highest BCUT2D eigenvalue weighted by atomic mass is 16.5. The van der Waals surface area contributed by atoms with E-state index >= 15 is 0 Å². The minimum Gasteiger partial charge on any atom is -0.496 e. The van der Waals surface area contributed by atoms with Gasteiger partial charge in [-0.1, -0.05) is 23.8 Å². The summed E-state index contributed by atoms with van der Waals surface area (Å²) in [5.41, 5.74) is 2.70. The average Bonchev–Trinajstić information content (AvgIpc) is 2.70. The fourth-order valence-corrected chi connectivity index (χ4v) is 3.09. The number of ether oxygens (including phenoxy) is 1. The van der Waals surface area contributed by atoms with Gasteiger partial charge in [0.05, 0.1) is 24.6 Å². The Morgan fingerprint density at radius 3 is 2.81 bits per heavy atom. The summed E-state index contributed by atoms with van der Waals surface area (Å²) < 4.78 is 5.23. The first-order valence-electron chi connectivity index (χ1n) is 9.08. The normalized spacial score (nSPS) is 13.7. The van der Waals surface area contributed by atoms with Crippen LogP contribution in [0.5, 0.6) is 5.75 Å². The van der Waals surface area contributed by atoms with Gasteiger partial charge in [0.25, 0.3) is 5.91 Å². The van der Waals surface area contributed by atoms with Gasteiger partial charge in [0.2, 0.25) is 0 Å². The molecule has 0 saturated carbocycles. The van der Waals surface area contributed by atoms with Crippen molar-refractivity contribution in [3.8, 4) is 5.75 Å². The second-order valence-corrected chi connectivity index (χ2v) is 6.37. The number of rotatable bonds is 7. The predicted octanol–water partition coefficient (Wildman–Crippen LogP) is 4.64. The molecule has 3 rings (SSSR count). The first-order valence-corrected chi connectivity index (χ1v) is 9.08. The van der Waals surface area contributed by atoms with Gasteiger partial charge < -0.3 is 15.4 Å². The molecule has 1 aromatic heterocycles. The van der Waals surface area contributed by atoms with Crippen LogP contribution < -0.4 is 15.4 Å². The quantitative estimate of drug-likeness (QED) is 0.713. The molecule has 0 fully saturated rings. The molecule has 0 radical (unpaired) electrons. The van der Waals surface area contributed by atoms with Crippen LogP contribution >= 0.6 is 0 Å². The zero-order chi connectivity index (χ0) is 18.2. The van der Waals surface area contributed by atoms with E-state index in [-0.39, 0.29) is 5.91 Å². The first-order chi connectivity index (χ1) is 12.8. The highest BCUT2D eigenvalue weighted by Gasteiger charge is 2.11. The van der Waals surface area contributed by atoms with Crippen LogP contribution in [-0.4, -0.2) is 24.5 Å². The van der Waals surface area contributed by atoms with E-state index in [4.69, 9.17) is 4.74 Å². The Labute approximate surface area is 154 Å². The molecule has 0 atom stereocenters. The SMILES string of the molecule is COc1ccccc1C(=O)Nc1ccc(NCCC2=CCCCC2)nc1. The van der Waals surface area contributed by atoms with Gasteiger partial charge >= 0.3 is 0 Å². The smallest absolute Gasteiger partial charge is 0.259 e. The highest BCUT2D eigenvalue weighted by Crippen LogP contribution is 2.21. The third-order valence-electron chi connectivity index (χ3n) is 4.51. The number of pyridine rings is 1. The van der Waals surface area contributed by atoms with Gasteiger partial charge in [-0.05, 0) is 56.4 Å². The zero-order valence-corrected chi connectivity index (χ0v) is 15.1. The number of nitrogens with zero attached hydrogens (tertiary/aromatic N) is 1. The lowest BCUT2D eigenvalue weighted by molar-refractivity contribution is 0.102. The highest BCUT2D eigenvalue weighted by molar-refractivity contribution is 6.06. The lowest BCUT2D eigenvalue weighted by atomic mass is 9.97. The number of para-hydroxylation sites is 1. The fraction of sp³-hybridized carbons (Fsp3) is 0.333. The van der Waals surface area contributed by atoms with Crippen LogP contribution in [0.1, 0.15) is 42.5 Å². The van der Waals surface area contributed by atoms with Gasteiger partial charge in [-0.15, -0.1) is 0 Å². The maximum absolute atomic E-state index is 12.4. The summed E-state index contributed by atoms with van der Waals surface area (Å²) in [5.74, 6) is 1.15. The molecule has 1 amide bonds. The minimum absolute atomic E-state index is 0.214. The van der Waals surface area contributed by atoms with Crippen LogP contribution in [0, 0.1) is 0 Å². The Hall–Kier alpha value is -2.82. The molecule has 1 heterocycles. The van der Waals surface area contributed by atoms with Crippen molar-refractivity contribution in [1.29, 1.82) is 0 Å². The molecule has 5 heteroatoms. The molecule has 136 valence electrons. The summed E-state index contributed by atoms with van der Waals surface area (Å²) >= 11 is 0. The van der Waals surface area contributed by atoms with Crippen molar-refractivity contribution < 1.29 is 9.53 Å². The first kappa shape index (κ1) is 18.0. The topological polar surface area (TPSA) is 63.2 Å². The van der Waals surface area contributed by atoms with Gasteiger partial charge in [0.1, 0.15) is 11.6 Å². The van der Waals surface area contributed by atoms with Crippen LogP contribution in [-0.2, 0) is 0 Å². The number of hydrogen-bond acceptors (Lipinski definition) is 4. The molecule has 0 spiro atoms. The molecule has 1 aliphatic rings. The summed E-state index contributed by atoms with van der Waals surface area (Å²) in [6, 6.07) is 10.9. The van der Waals surface area contributed by atoms with E-state index in [1.165, 1.54) is 25.7 Å². The summed E-state index contributed by atoms with van der Waals surface area (Å²) in [5, 5.41) is 6.19. The molecular formula is C21H25N3O2. The summed E-state index contributed by atoms with van der Waals surface area (Å²) in [6.45, 7) is 0.881. The van der Waals surface area contributed by atoms with Crippen LogP contribution in [0.2, 0.25) is 0 Å². The number of allylic oxidation sites excluding steroid dienone is 1. The molecule has 1 aliphatic carbocycles. The minimum atomic E-state index is -0.214. The van der Waals surface area contributed by atoms with Crippen LogP contribution in [0.15, 0.2) is 54.2 Å². The van der Waals surface area contributed by atoms with Crippen molar-refractivity contribution in [2.75, 3.05) is 24.3 Å². The molecule has 0 bridgehead atoms. The number of carbonyl (C=O) groups excluding carboxylic acids is 1. The van der Waals surface area contributed by atoms with Crippen molar-refractivity contribution in [1.82, 2.24) is 4.98 Å². The second-order valence-electron chi connectivity index (χ2n) is 6.37. The Bertz CT molecular complexity index is 769. The lowest BCUT2D eigenvalue weighted by Crippen LogP contribution is -2.13. The summed E-state index contributed by atoms with van der Waals surface area (Å²) in [4.78, 5) is 16.8. The number of hydrogen-bond donors (Lipinski definition) is 2. The Balaban J connectivity index is 1.52. The molecule has 2 N–H and O–H groups in total. The largest absolute Gasteiger partial charge is 0.496 e. The molecule has 1 aromatic carbocycles. The number of benzene rings is 1. The Morgan fingerprint density at radius 2 is 2.08 bits per heavy atom. The van der Waals surface area contributed by atoms with Crippen LogP contribution in [0.25, 0.3) is 0 Å². The van der Waals surface area contributed by atoms with E-state index in [0.29, 0.717) is 17.0 Å². The fourth-order valence-electron chi connectivity index (χ4n) is 3.09. The number of nitrogens with one attached hydrogen (secondary N) is 2. The van der Waals surface area contributed by atoms with Crippen molar-refractivity contribution in [2.45, 2.75) is 32.1 Å². The maximum Gasteiger partial charge on any atom is 0.259 e. The number of aromatic nitrogens is 1. The van der Waals surface area contributed by atoms with E-state index in [2.05, 4.69) is 21.7 Å². The van der Waals surface area contributed by atoms with E-state index < -0.39 is 0 Å². The third-order valence-corrected chi connectivity index (χ3v) is 4.51. The summed E-state index contributed by atoms with van der Waals surface area (Å²) in [6.07, 6.45) is 10.2. The van der Waals surface area contributed by atoms with Gasteiger partial charge in [-0.3, -0.25) is 4.79 Å². The molecule has 0 unspecified atom stereocenters. The molecule has 5 nitrogen and oxygen atoms in total. The molecule has 0 aliphatic heterocycles. The van der Waals surface area contributed by atoms with Crippen molar-refractivity contribution >= 4 is 17.4 Å². The number of carbonyl (C=O) groups is 1. The zero-order valence-electron chi connectivity index (χ0n) is 15.1. The Kier molecular flexibility index (Phi) is 6.25. The van der Waals surface area contributed by atoms with Gasteiger partial charge in [-0.25, -0.2) is 4.98 Å². The second kappa shape index (κ2) is 9.04. The van der Waals surface area contributed by atoms with E-state index in [9.17, 15) is 4.79 Å². The van der Waals surface area contributed by atoms with Gasteiger partial charge in [0.15, 0.2) is 0 Å². The van der Waals surface area contributed by atoms with Gasteiger partial charge in [-0.2, -0.15) is 0 Å². The monoisotopic (exact) mass is 351 g/mol. The molecule has 2 aromatic rings. The van der Waals surface area contributed by atoms with E-state index in [0.717, 1.165) is 18.8 Å². The van der Waals surface area contributed by atoms with Crippen LogP contribution in [0.3, 0.4) is 0 Å². The average molecular weight is 351 g/mol.